The van der Waals surface area contributed by atoms with Gasteiger partial charge in [0.05, 0.1) is 0 Å². The molecule has 90 valence electrons. The summed E-state index contributed by atoms with van der Waals surface area (Å²) < 4.78 is 0. The van der Waals surface area contributed by atoms with Gasteiger partial charge >= 0.3 is 0 Å². The molecule has 1 heterocycles. The number of aryl methyl sites for hydroxylation is 1. The molecule has 1 nitrogen and oxygen atoms in total. The smallest absolute Gasteiger partial charge is 0.167 e. The van der Waals surface area contributed by atoms with Crippen LogP contribution in [0.4, 0.5) is 0 Å². The summed E-state index contributed by atoms with van der Waals surface area (Å²) in [6.07, 6.45) is 2.33. The number of carbonyl (C=O) groups excluding carboxylic acids is 1. The van der Waals surface area contributed by atoms with Crippen LogP contribution in [-0.2, 0) is 6.42 Å². The van der Waals surface area contributed by atoms with Gasteiger partial charge < -0.3 is 0 Å². The van der Waals surface area contributed by atoms with E-state index < -0.39 is 0 Å². The van der Waals surface area contributed by atoms with Crippen molar-refractivity contribution in [2.75, 3.05) is 0 Å². The van der Waals surface area contributed by atoms with Gasteiger partial charge in [-0.15, -0.1) is 0 Å². The van der Waals surface area contributed by atoms with E-state index in [1.54, 1.807) is 11.3 Å². The van der Waals surface area contributed by atoms with Gasteiger partial charge in [0.2, 0.25) is 0 Å². The second kappa shape index (κ2) is 3.79. The van der Waals surface area contributed by atoms with Crippen LogP contribution in [0.25, 0.3) is 0 Å². The van der Waals surface area contributed by atoms with Gasteiger partial charge in [-0.25, -0.2) is 0 Å². The summed E-state index contributed by atoms with van der Waals surface area (Å²) in [5.41, 5.74) is 3.80. The summed E-state index contributed by atoms with van der Waals surface area (Å²) in [4.78, 5) is 12.5. The monoisotopic (exact) mass is 254 g/mol. The first-order valence-corrected chi connectivity index (χ1v) is 7.45. The van der Waals surface area contributed by atoms with Crippen molar-refractivity contribution in [3.8, 4) is 0 Å². The third-order valence-electron chi connectivity index (χ3n) is 4.44. The van der Waals surface area contributed by atoms with E-state index in [9.17, 15) is 4.79 Å². The minimum absolute atomic E-state index is 0.253. The largest absolute Gasteiger partial charge is 0.294 e. The molecule has 4 rings (SSSR count). The standard InChI is InChI=1S/C16H14OS/c17-16(11-7-8-18-9-11)15-13-6-5-10-3-1-2-4-12(10)14(13)15/h1-4,7-9,13-15H,5-6H2. The second-order valence-corrected chi connectivity index (χ2v) is 6.11. The van der Waals surface area contributed by atoms with Crippen molar-refractivity contribution >= 4 is 17.1 Å². The first-order chi connectivity index (χ1) is 8.86. The predicted octanol–water partition coefficient (Wildman–Crippen LogP) is 3.91. The Hall–Kier alpha value is -1.41. The van der Waals surface area contributed by atoms with Gasteiger partial charge in [0.15, 0.2) is 5.78 Å². The fourth-order valence-electron chi connectivity index (χ4n) is 3.52. The fourth-order valence-corrected chi connectivity index (χ4v) is 4.17. The van der Waals surface area contributed by atoms with Crippen molar-refractivity contribution < 1.29 is 4.79 Å². The lowest BCUT2D eigenvalue weighted by Gasteiger charge is -2.13. The maximum absolute atomic E-state index is 12.5. The number of hydrogen-bond donors (Lipinski definition) is 0. The van der Waals surface area contributed by atoms with Crippen LogP contribution in [0.15, 0.2) is 41.1 Å². The van der Waals surface area contributed by atoms with Crippen molar-refractivity contribution in [1.29, 1.82) is 0 Å². The van der Waals surface area contributed by atoms with Crippen LogP contribution in [0.1, 0.15) is 33.8 Å². The molecule has 2 heteroatoms. The van der Waals surface area contributed by atoms with Crippen LogP contribution in [0.3, 0.4) is 0 Å². The van der Waals surface area contributed by atoms with Crippen LogP contribution in [0, 0.1) is 11.8 Å². The zero-order valence-electron chi connectivity index (χ0n) is 10.0. The number of ketones is 1. The molecule has 2 aliphatic rings. The summed E-state index contributed by atoms with van der Waals surface area (Å²) in [7, 11) is 0. The molecule has 1 fully saturated rings. The average molecular weight is 254 g/mol. The molecule has 0 saturated heterocycles. The Morgan fingerprint density at radius 3 is 2.94 bits per heavy atom. The molecule has 1 saturated carbocycles. The minimum Gasteiger partial charge on any atom is -0.294 e. The first kappa shape index (κ1) is 10.5. The lowest BCUT2D eigenvalue weighted by molar-refractivity contribution is 0.0959. The maximum atomic E-state index is 12.5. The van der Waals surface area contributed by atoms with E-state index in [2.05, 4.69) is 24.3 Å². The van der Waals surface area contributed by atoms with E-state index >= 15 is 0 Å². The van der Waals surface area contributed by atoms with Gasteiger partial charge in [-0.2, -0.15) is 11.3 Å². The van der Waals surface area contributed by atoms with Gasteiger partial charge in [-0.3, -0.25) is 4.79 Å². The van der Waals surface area contributed by atoms with Crippen molar-refractivity contribution in [3.05, 3.63) is 57.8 Å². The molecule has 2 aromatic rings. The third-order valence-corrected chi connectivity index (χ3v) is 5.12. The van der Waals surface area contributed by atoms with E-state index in [0.29, 0.717) is 17.6 Å². The summed E-state index contributed by atoms with van der Waals surface area (Å²) >= 11 is 1.61. The normalized spacial score (nSPS) is 28.3. The van der Waals surface area contributed by atoms with Crippen molar-refractivity contribution in [3.63, 3.8) is 0 Å². The Morgan fingerprint density at radius 2 is 2.11 bits per heavy atom. The molecule has 0 aliphatic heterocycles. The lowest BCUT2D eigenvalue weighted by Crippen LogP contribution is -2.02. The Bertz CT molecular complexity index is 599. The zero-order valence-corrected chi connectivity index (χ0v) is 10.8. The quantitative estimate of drug-likeness (QED) is 0.743. The highest BCUT2D eigenvalue weighted by atomic mass is 32.1. The van der Waals surface area contributed by atoms with Gasteiger partial charge in [0, 0.05) is 16.9 Å². The van der Waals surface area contributed by atoms with E-state index in [4.69, 9.17) is 0 Å². The number of fused-ring (bicyclic) bond motifs is 3. The van der Waals surface area contributed by atoms with Crippen molar-refractivity contribution in [1.82, 2.24) is 0 Å². The molecule has 1 aromatic carbocycles. The number of hydrogen-bond acceptors (Lipinski definition) is 2. The van der Waals surface area contributed by atoms with Crippen LogP contribution in [-0.4, -0.2) is 5.78 Å². The molecule has 0 radical (unpaired) electrons. The zero-order chi connectivity index (χ0) is 12.1. The number of rotatable bonds is 2. The molecule has 3 atom stereocenters. The highest BCUT2D eigenvalue weighted by Gasteiger charge is 2.56. The molecule has 2 aliphatic carbocycles. The molecular formula is C16H14OS. The predicted molar refractivity (Wildman–Crippen MR) is 73.1 cm³/mol. The van der Waals surface area contributed by atoms with Gasteiger partial charge in [0.1, 0.15) is 0 Å². The number of Topliss-reactive ketones (excluding diaryl/α,β-unsaturated/α-hetero) is 1. The van der Waals surface area contributed by atoms with E-state index in [1.807, 2.05) is 16.8 Å². The molecule has 1 aromatic heterocycles. The highest BCUT2D eigenvalue weighted by Crippen LogP contribution is 2.60. The Morgan fingerprint density at radius 1 is 1.22 bits per heavy atom. The van der Waals surface area contributed by atoms with Gasteiger partial charge in [-0.05, 0) is 47.3 Å². The number of thiophene rings is 1. The van der Waals surface area contributed by atoms with Crippen molar-refractivity contribution in [2.24, 2.45) is 11.8 Å². The lowest BCUT2D eigenvalue weighted by atomic mass is 9.92. The molecular weight excluding hydrogens is 240 g/mol. The first-order valence-electron chi connectivity index (χ1n) is 6.50. The van der Waals surface area contributed by atoms with Crippen molar-refractivity contribution in [2.45, 2.75) is 18.8 Å². The molecule has 18 heavy (non-hydrogen) atoms. The van der Waals surface area contributed by atoms with Crippen LogP contribution < -0.4 is 0 Å². The van der Waals surface area contributed by atoms with E-state index in [1.165, 1.54) is 17.5 Å². The Labute approximate surface area is 110 Å². The fraction of sp³-hybridized carbons (Fsp3) is 0.312. The summed E-state index contributed by atoms with van der Waals surface area (Å²) in [5, 5.41) is 3.98. The number of benzene rings is 1. The SMILES string of the molecule is O=C(c1ccsc1)C1C2CCc3ccccc3C21. The minimum atomic E-state index is 0.253. The molecule has 0 spiro atoms. The highest BCUT2D eigenvalue weighted by molar-refractivity contribution is 7.08. The molecule has 0 N–H and O–H groups in total. The second-order valence-electron chi connectivity index (χ2n) is 5.33. The third kappa shape index (κ3) is 1.42. The van der Waals surface area contributed by atoms with E-state index in [-0.39, 0.29) is 5.92 Å². The molecule has 0 amide bonds. The van der Waals surface area contributed by atoms with Crippen LogP contribution >= 0.6 is 11.3 Å². The average Bonchev–Trinajstić information content (AvgIpc) is 2.89. The topological polar surface area (TPSA) is 17.1 Å². The maximum Gasteiger partial charge on any atom is 0.167 e. The molecule has 0 bridgehead atoms. The molecule has 3 unspecified atom stereocenters. The van der Waals surface area contributed by atoms with Crippen LogP contribution in [0.2, 0.25) is 0 Å². The van der Waals surface area contributed by atoms with Crippen LogP contribution in [0.5, 0.6) is 0 Å². The Kier molecular flexibility index (Phi) is 2.21. The van der Waals surface area contributed by atoms with Gasteiger partial charge in [-0.1, -0.05) is 24.3 Å². The summed E-state index contributed by atoms with van der Waals surface area (Å²) in [6.45, 7) is 0. The number of carbonyl (C=O) groups is 1. The van der Waals surface area contributed by atoms with E-state index in [0.717, 1.165) is 12.0 Å². The summed E-state index contributed by atoms with van der Waals surface area (Å²) in [6, 6.07) is 10.6. The van der Waals surface area contributed by atoms with Gasteiger partial charge in [0.25, 0.3) is 0 Å². The Balaban J connectivity index is 1.67. The summed E-state index contributed by atoms with van der Waals surface area (Å²) in [5.74, 6) is 1.72.